The summed E-state index contributed by atoms with van der Waals surface area (Å²) in [6, 6.07) is 4.24. The number of ether oxygens (including phenoxy) is 1. The fourth-order valence-corrected chi connectivity index (χ4v) is 2.19. The highest BCUT2D eigenvalue weighted by molar-refractivity contribution is 5.45. The Hall–Kier alpha value is -1.42. The lowest BCUT2D eigenvalue weighted by molar-refractivity contribution is 0.410. The van der Waals surface area contributed by atoms with Gasteiger partial charge >= 0.3 is 0 Å². The third-order valence-electron chi connectivity index (χ3n) is 3.75. The molecule has 0 saturated heterocycles. The van der Waals surface area contributed by atoms with Crippen LogP contribution in [0.2, 0.25) is 0 Å². The Morgan fingerprint density at radius 3 is 2.39 bits per heavy atom. The highest BCUT2D eigenvalue weighted by Gasteiger charge is 2.16. The van der Waals surface area contributed by atoms with Gasteiger partial charge in [0.1, 0.15) is 5.75 Å². The molecule has 0 heterocycles. The van der Waals surface area contributed by atoms with E-state index >= 15 is 0 Å². The van der Waals surface area contributed by atoms with E-state index in [9.17, 15) is 0 Å². The molecule has 18 heavy (non-hydrogen) atoms. The van der Waals surface area contributed by atoms with Crippen LogP contribution in [0.25, 0.3) is 0 Å². The van der Waals surface area contributed by atoms with Crippen LogP contribution in [0.5, 0.6) is 5.75 Å². The van der Waals surface area contributed by atoms with Crippen LogP contribution in [-0.4, -0.2) is 7.11 Å². The van der Waals surface area contributed by atoms with Gasteiger partial charge in [-0.05, 0) is 42.5 Å². The molecule has 0 aliphatic heterocycles. The van der Waals surface area contributed by atoms with E-state index in [4.69, 9.17) is 4.74 Å². The van der Waals surface area contributed by atoms with E-state index in [1.807, 2.05) is 0 Å². The van der Waals surface area contributed by atoms with E-state index in [1.165, 1.54) is 16.7 Å². The monoisotopic (exact) mass is 244 g/mol. The molecule has 1 heteroatoms. The standard InChI is InChI=1S/C17H24O/c1-7-8-9-12(2)13(3)16-10-11-17(18-6)15(5)14(16)4/h10-13H,7H2,1-6H3. The van der Waals surface area contributed by atoms with Gasteiger partial charge in [0, 0.05) is 12.3 Å². The molecule has 0 radical (unpaired) electrons. The Morgan fingerprint density at radius 2 is 1.83 bits per heavy atom. The molecule has 1 nitrogen and oxygen atoms in total. The largest absolute Gasteiger partial charge is 0.496 e. The van der Waals surface area contributed by atoms with Gasteiger partial charge in [0.15, 0.2) is 0 Å². The van der Waals surface area contributed by atoms with Crippen LogP contribution in [0.4, 0.5) is 0 Å². The quantitative estimate of drug-likeness (QED) is 0.713. The lowest BCUT2D eigenvalue weighted by Crippen LogP contribution is -2.07. The van der Waals surface area contributed by atoms with Gasteiger partial charge in [-0.2, -0.15) is 0 Å². The molecule has 98 valence electrons. The molecule has 2 unspecified atom stereocenters. The molecule has 0 amide bonds. The average Bonchev–Trinajstić information content (AvgIpc) is 2.38. The summed E-state index contributed by atoms with van der Waals surface area (Å²) in [6.07, 6.45) is 0.928. The van der Waals surface area contributed by atoms with E-state index in [2.05, 4.69) is 58.6 Å². The fourth-order valence-electron chi connectivity index (χ4n) is 2.19. The second-order valence-electron chi connectivity index (χ2n) is 4.86. The van der Waals surface area contributed by atoms with Crippen molar-refractivity contribution in [1.82, 2.24) is 0 Å². The maximum atomic E-state index is 5.36. The van der Waals surface area contributed by atoms with Crippen LogP contribution < -0.4 is 4.74 Å². The number of benzene rings is 1. The lowest BCUT2D eigenvalue weighted by atomic mass is 9.85. The Labute approximate surface area is 112 Å². The van der Waals surface area contributed by atoms with Crippen molar-refractivity contribution in [3.8, 4) is 17.6 Å². The molecule has 0 spiro atoms. The summed E-state index contributed by atoms with van der Waals surface area (Å²) >= 11 is 0. The van der Waals surface area contributed by atoms with Crippen LogP contribution in [-0.2, 0) is 0 Å². The number of hydrogen-bond donors (Lipinski definition) is 0. The maximum Gasteiger partial charge on any atom is 0.122 e. The Kier molecular flexibility index (Phi) is 5.28. The van der Waals surface area contributed by atoms with Gasteiger partial charge < -0.3 is 4.74 Å². The molecule has 0 aliphatic carbocycles. The average molecular weight is 244 g/mol. The van der Waals surface area contributed by atoms with Gasteiger partial charge in [-0.1, -0.05) is 32.8 Å². The zero-order chi connectivity index (χ0) is 13.7. The first-order valence-corrected chi connectivity index (χ1v) is 6.65. The van der Waals surface area contributed by atoms with Gasteiger partial charge in [0.05, 0.1) is 7.11 Å². The summed E-state index contributed by atoms with van der Waals surface area (Å²) in [7, 11) is 1.72. The van der Waals surface area contributed by atoms with Gasteiger partial charge in [0.25, 0.3) is 0 Å². The molecular weight excluding hydrogens is 220 g/mol. The Morgan fingerprint density at radius 1 is 1.17 bits per heavy atom. The van der Waals surface area contributed by atoms with Crippen molar-refractivity contribution in [2.75, 3.05) is 7.11 Å². The van der Waals surface area contributed by atoms with Crippen LogP contribution in [0, 0.1) is 31.6 Å². The first-order chi connectivity index (χ1) is 8.52. The van der Waals surface area contributed by atoms with E-state index < -0.39 is 0 Å². The summed E-state index contributed by atoms with van der Waals surface area (Å²) in [4.78, 5) is 0. The fraction of sp³-hybridized carbons (Fsp3) is 0.529. The molecule has 1 aromatic carbocycles. The first-order valence-electron chi connectivity index (χ1n) is 6.65. The number of rotatable bonds is 3. The van der Waals surface area contributed by atoms with Crippen LogP contribution in [0.15, 0.2) is 12.1 Å². The molecule has 0 N–H and O–H groups in total. The summed E-state index contributed by atoms with van der Waals surface area (Å²) < 4.78 is 5.36. The zero-order valence-corrected chi connectivity index (χ0v) is 12.4. The normalized spacial score (nSPS) is 13.4. The SMILES string of the molecule is CCC#CC(C)C(C)c1ccc(OC)c(C)c1C. The molecule has 0 saturated carbocycles. The molecule has 1 aromatic rings. The second-order valence-corrected chi connectivity index (χ2v) is 4.86. The van der Waals surface area contributed by atoms with Gasteiger partial charge in [-0.3, -0.25) is 0 Å². The molecule has 2 atom stereocenters. The summed E-state index contributed by atoms with van der Waals surface area (Å²) in [6.45, 7) is 10.8. The maximum absolute atomic E-state index is 5.36. The number of methoxy groups -OCH3 is 1. The van der Waals surface area contributed by atoms with Crippen LogP contribution >= 0.6 is 0 Å². The second kappa shape index (κ2) is 6.50. The van der Waals surface area contributed by atoms with Crippen molar-refractivity contribution in [1.29, 1.82) is 0 Å². The van der Waals surface area contributed by atoms with Crippen molar-refractivity contribution in [3.05, 3.63) is 28.8 Å². The summed E-state index contributed by atoms with van der Waals surface area (Å²) in [5.74, 6) is 8.31. The minimum Gasteiger partial charge on any atom is -0.496 e. The highest BCUT2D eigenvalue weighted by atomic mass is 16.5. The topological polar surface area (TPSA) is 9.23 Å². The van der Waals surface area contributed by atoms with Crippen molar-refractivity contribution in [2.45, 2.75) is 47.0 Å². The van der Waals surface area contributed by atoms with E-state index in [0.717, 1.165) is 12.2 Å². The zero-order valence-electron chi connectivity index (χ0n) is 12.4. The highest BCUT2D eigenvalue weighted by Crippen LogP contribution is 2.32. The molecule has 0 aromatic heterocycles. The lowest BCUT2D eigenvalue weighted by Gasteiger charge is -2.20. The van der Waals surface area contributed by atoms with Crippen LogP contribution in [0.3, 0.4) is 0 Å². The van der Waals surface area contributed by atoms with E-state index in [0.29, 0.717) is 11.8 Å². The van der Waals surface area contributed by atoms with Gasteiger partial charge in [-0.15, -0.1) is 5.92 Å². The van der Waals surface area contributed by atoms with E-state index in [-0.39, 0.29) is 0 Å². The van der Waals surface area contributed by atoms with Gasteiger partial charge in [-0.25, -0.2) is 0 Å². The Balaban J connectivity index is 3.07. The molecule has 0 bridgehead atoms. The predicted molar refractivity (Wildman–Crippen MR) is 78.1 cm³/mol. The predicted octanol–water partition coefficient (Wildman–Crippen LogP) is 4.47. The van der Waals surface area contributed by atoms with Crippen molar-refractivity contribution in [3.63, 3.8) is 0 Å². The summed E-state index contributed by atoms with van der Waals surface area (Å²) in [5, 5.41) is 0. The van der Waals surface area contributed by atoms with E-state index in [1.54, 1.807) is 7.11 Å². The van der Waals surface area contributed by atoms with Gasteiger partial charge in [0.2, 0.25) is 0 Å². The molecule has 1 rings (SSSR count). The molecular formula is C17H24O. The van der Waals surface area contributed by atoms with Crippen LogP contribution in [0.1, 0.15) is 49.8 Å². The Bertz CT molecular complexity index is 462. The summed E-state index contributed by atoms with van der Waals surface area (Å²) in [5.41, 5.74) is 3.94. The minimum absolute atomic E-state index is 0.386. The third kappa shape index (κ3) is 3.07. The smallest absolute Gasteiger partial charge is 0.122 e. The van der Waals surface area contributed by atoms with Crippen molar-refractivity contribution < 1.29 is 4.74 Å². The third-order valence-corrected chi connectivity index (χ3v) is 3.75. The van der Waals surface area contributed by atoms with Crippen molar-refractivity contribution >= 4 is 0 Å². The minimum atomic E-state index is 0.386. The molecule has 0 fully saturated rings. The molecule has 0 aliphatic rings. The number of hydrogen-bond acceptors (Lipinski definition) is 1. The van der Waals surface area contributed by atoms with Crippen molar-refractivity contribution in [2.24, 2.45) is 5.92 Å². The first kappa shape index (κ1) is 14.6.